The molecular formula is C17H25ClN6S. The van der Waals surface area contributed by atoms with E-state index >= 15 is 0 Å². The van der Waals surface area contributed by atoms with Gasteiger partial charge in [-0.15, -0.1) is 11.3 Å². The Morgan fingerprint density at radius 2 is 2.12 bits per heavy atom. The lowest BCUT2D eigenvalue weighted by atomic mass is 10.3. The molecule has 0 unspecified atom stereocenters. The molecule has 0 spiro atoms. The maximum atomic E-state index is 6.02. The summed E-state index contributed by atoms with van der Waals surface area (Å²) in [6.45, 7) is 8.74. The number of hydrogen-bond donors (Lipinski definition) is 1. The van der Waals surface area contributed by atoms with E-state index in [1.54, 1.807) is 11.3 Å². The minimum Gasteiger partial charge on any atom is -0.354 e. The molecule has 3 heterocycles. The van der Waals surface area contributed by atoms with Crippen LogP contribution in [0.3, 0.4) is 0 Å². The van der Waals surface area contributed by atoms with E-state index < -0.39 is 0 Å². The molecule has 1 N–H and O–H groups in total. The average Bonchev–Trinajstić information content (AvgIpc) is 3.21. The van der Waals surface area contributed by atoms with Gasteiger partial charge in [0, 0.05) is 57.4 Å². The maximum Gasteiger partial charge on any atom is 0.193 e. The van der Waals surface area contributed by atoms with E-state index in [2.05, 4.69) is 44.4 Å². The number of rotatable bonds is 5. The third-order valence-corrected chi connectivity index (χ3v) is 5.49. The van der Waals surface area contributed by atoms with Gasteiger partial charge in [-0.3, -0.25) is 14.6 Å². The van der Waals surface area contributed by atoms with Crippen LogP contribution in [0.1, 0.15) is 10.4 Å². The summed E-state index contributed by atoms with van der Waals surface area (Å²) in [7, 11) is 1.85. The summed E-state index contributed by atoms with van der Waals surface area (Å²) in [5, 5.41) is 7.76. The number of nitrogens with one attached hydrogen (secondary N) is 1. The van der Waals surface area contributed by atoms with Crippen molar-refractivity contribution in [3.63, 3.8) is 0 Å². The van der Waals surface area contributed by atoms with Gasteiger partial charge in [-0.1, -0.05) is 11.6 Å². The Hall–Kier alpha value is -1.57. The molecule has 0 saturated carbocycles. The predicted molar refractivity (Wildman–Crippen MR) is 105 cm³/mol. The highest BCUT2D eigenvalue weighted by Gasteiger charge is 2.19. The van der Waals surface area contributed by atoms with Crippen LogP contribution >= 0.6 is 22.9 Å². The zero-order valence-electron chi connectivity index (χ0n) is 14.8. The van der Waals surface area contributed by atoms with E-state index in [1.807, 2.05) is 24.0 Å². The molecule has 1 fully saturated rings. The van der Waals surface area contributed by atoms with E-state index in [4.69, 9.17) is 11.6 Å². The summed E-state index contributed by atoms with van der Waals surface area (Å²) < 4.78 is 2.82. The van der Waals surface area contributed by atoms with Crippen molar-refractivity contribution < 1.29 is 0 Å². The van der Waals surface area contributed by atoms with Crippen LogP contribution in [-0.2, 0) is 13.1 Å². The number of halogens is 1. The molecular weight excluding hydrogens is 356 g/mol. The quantitative estimate of drug-likeness (QED) is 0.638. The van der Waals surface area contributed by atoms with Crippen LogP contribution in [0.4, 0.5) is 0 Å². The van der Waals surface area contributed by atoms with Gasteiger partial charge in [0.25, 0.3) is 0 Å². The van der Waals surface area contributed by atoms with E-state index in [9.17, 15) is 0 Å². The number of thiophene rings is 1. The molecule has 2 aromatic heterocycles. The summed E-state index contributed by atoms with van der Waals surface area (Å²) in [6.07, 6.45) is 3.94. The summed E-state index contributed by atoms with van der Waals surface area (Å²) in [5.74, 6) is 0.975. The van der Waals surface area contributed by atoms with E-state index in [-0.39, 0.29) is 0 Å². The standard InChI is InChI=1S/C17H25ClN6S/c1-14-11-21-24(12-14)6-5-20-17(19-2)23-9-7-22(8-10-23)13-15-3-4-16(18)25-15/h3-4,11-12H,5-10,13H2,1-2H3,(H,19,20). The fourth-order valence-electron chi connectivity index (χ4n) is 2.98. The summed E-state index contributed by atoms with van der Waals surface area (Å²) in [4.78, 5) is 10.6. The van der Waals surface area contributed by atoms with Gasteiger partial charge in [0.05, 0.1) is 17.1 Å². The maximum absolute atomic E-state index is 6.02. The lowest BCUT2D eigenvalue weighted by molar-refractivity contribution is 0.173. The van der Waals surface area contributed by atoms with Crippen LogP contribution in [0.2, 0.25) is 4.34 Å². The number of nitrogens with zero attached hydrogens (tertiary/aromatic N) is 5. The molecule has 136 valence electrons. The highest BCUT2D eigenvalue weighted by molar-refractivity contribution is 7.16. The Bertz CT molecular complexity index is 702. The van der Waals surface area contributed by atoms with Gasteiger partial charge in [0.15, 0.2) is 5.96 Å². The molecule has 1 aliphatic rings. The monoisotopic (exact) mass is 380 g/mol. The molecule has 1 aliphatic heterocycles. The topological polar surface area (TPSA) is 48.7 Å². The van der Waals surface area contributed by atoms with Crippen LogP contribution in [0.25, 0.3) is 0 Å². The van der Waals surface area contributed by atoms with Gasteiger partial charge in [-0.25, -0.2) is 0 Å². The van der Waals surface area contributed by atoms with Crippen molar-refractivity contribution >= 4 is 28.9 Å². The van der Waals surface area contributed by atoms with Gasteiger partial charge < -0.3 is 10.2 Å². The smallest absolute Gasteiger partial charge is 0.193 e. The molecule has 6 nitrogen and oxygen atoms in total. The van der Waals surface area contributed by atoms with Crippen molar-refractivity contribution in [3.8, 4) is 0 Å². The molecule has 0 radical (unpaired) electrons. The number of aryl methyl sites for hydroxylation is 1. The second kappa shape index (κ2) is 8.69. The fraction of sp³-hybridized carbons (Fsp3) is 0.529. The van der Waals surface area contributed by atoms with Gasteiger partial charge >= 0.3 is 0 Å². The Balaban J connectivity index is 1.42. The van der Waals surface area contributed by atoms with Crippen LogP contribution < -0.4 is 5.32 Å². The van der Waals surface area contributed by atoms with Crippen LogP contribution in [0, 0.1) is 6.92 Å². The number of aliphatic imine (C=N–C) groups is 1. The SMILES string of the molecule is CN=C(NCCn1cc(C)cn1)N1CCN(Cc2ccc(Cl)s2)CC1. The first-order valence-corrected chi connectivity index (χ1v) is 9.75. The molecule has 0 bridgehead atoms. The number of aromatic nitrogens is 2. The molecule has 0 amide bonds. The van der Waals surface area contributed by atoms with Crippen molar-refractivity contribution in [2.45, 2.75) is 20.0 Å². The van der Waals surface area contributed by atoms with Gasteiger partial charge in [-0.2, -0.15) is 5.10 Å². The van der Waals surface area contributed by atoms with Crippen molar-refractivity contribution in [1.29, 1.82) is 0 Å². The van der Waals surface area contributed by atoms with Gasteiger partial charge in [0.2, 0.25) is 0 Å². The molecule has 0 aromatic carbocycles. The number of hydrogen-bond acceptors (Lipinski definition) is 4. The van der Waals surface area contributed by atoms with Crippen molar-refractivity contribution in [2.75, 3.05) is 39.8 Å². The van der Waals surface area contributed by atoms with Gasteiger partial charge in [-0.05, 0) is 24.6 Å². The second-order valence-corrected chi connectivity index (χ2v) is 8.02. The first-order valence-electron chi connectivity index (χ1n) is 8.55. The van der Waals surface area contributed by atoms with E-state index in [0.29, 0.717) is 0 Å². The van der Waals surface area contributed by atoms with Crippen LogP contribution in [0.5, 0.6) is 0 Å². The van der Waals surface area contributed by atoms with Crippen molar-refractivity contribution in [1.82, 2.24) is 24.9 Å². The van der Waals surface area contributed by atoms with Crippen molar-refractivity contribution in [3.05, 3.63) is 39.3 Å². The first-order chi connectivity index (χ1) is 12.1. The molecule has 8 heteroatoms. The third-order valence-electron chi connectivity index (χ3n) is 4.28. The number of piperazine rings is 1. The predicted octanol–water partition coefficient (Wildman–Crippen LogP) is 2.30. The van der Waals surface area contributed by atoms with Crippen molar-refractivity contribution in [2.24, 2.45) is 4.99 Å². The third kappa shape index (κ3) is 5.20. The molecule has 25 heavy (non-hydrogen) atoms. The fourth-order valence-corrected chi connectivity index (χ4v) is 4.11. The largest absolute Gasteiger partial charge is 0.354 e. The van der Waals surface area contributed by atoms with E-state index in [0.717, 1.165) is 56.1 Å². The number of guanidine groups is 1. The molecule has 0 aliphatic carbocycles. The minimum absolute atomic E-state index is 0.821. The minimum atomic E-state index is 0.821. The zero-order valence-corrected chi connectivity index (χ0v) is 16.4. The Morgan fingerprint density at radius 1 is 1.32 bits per heavy atom. The molecule has 1 saturated heterocycles. The molecule has 3 rings (SSSR count). The summed E-state index contributed by atoms with van der Waals surface area (Å²) in [5.41, 5.74) is 1.19. The lowest BCUT2D eigenvalue weighted by Crippen LogP contribution is -2.52. The normalized spacial score (nSPS) is 16.4. The van der Waals surface area contributed by atoms with Gasteiger partial charge in [0.1, 0.15) is 0 Å². The van der Waals surface area contributed by atoms with E-state index in [1.165, 1.54) is 10.4 Å². The molecule has 0 atom stereocenters. The van der Waals surface area contributed by atoms with Crippen LogP contribution in [0.15, 0.2) is 29.5 Å². The lowest BCUT2D eigenvalue weighted by Gasteiger charge is -2.36. The Morgan fingerprint density at radius 3 is 2.72 bits per heavy atom. The molecule has 2 aromatic rings. The Labute approximate surface area is 158 Å². The summed E-state index contributed by atoms with van der Waals surface area (Å²) >= 11 is 7.69. The first kappa shape index (κ1) is 18.2. The zero-order chi connectivity index (χ0) is 17.6. The average molecular weight is 381 g/mol. The Kier molecular flexibility index (Phi) is 6.34. The van der Waals surface area contributed by atoms with Crippen LogP contribution in [-0.4, -0.2) is 65.3 Å². The second-order valence-electron chi connectivity index (χ2n) is 6.22. The summed E-state index contributed by atoms with van der Waals surface area (Å²) in [6, 6.07) is 4.10. The highest BCUT2D eigenvalue weighted by atomic mass is 35.5. The highest BCUT2D eigenvalue weighted by Crippen LogP contribution is 2.23.